The average Bonchev–Trinajstić information content (AvgIpc) is 3.34. The molecule has 0 fully saturated rings. The van der Waals surface area contributed by atoms with Gasteiger partial charge in [-0.3, -0.25) is 9.59 Å². The summed E-state index contributed by atoms with van der Waals surface area (Å²) in [5.74, 6) is 0.414. The van der Waals surface area contributed by atoms with Crippen LogP contribution >= 0.6 is 0 Å². The van der Waals surface area contributed by atoms with Crippen molar-refractivity contribution in [1.82, 2.24) is 9.78 Å². The number of aryl methyl sites for hydroxylation is 1. The van der Waals surface area contributed by atoms with Crippen LogP contribution < -0.4 is 10.2 Å². The molecule has 0 spiro atoms. The zero-order chi connectivity index (χ0) is 23.8. The van der Waals surface area contributed by atoms with E-state index in [-0.39, 0.29) is 17.9 Å². The molecule has 0 saturated heterocycles. The van der Waals surface area contributed by atoms with Gasteiger partial charge in [-0.25, -0.2) is 4.68 Å². The van der Waals surface area contributed by atoms with Gasteiger partial charge >= 0.3 is 0 Å². The lowest BCUT2D eigenvalue weighted by Crippen LogP contribution is -2.35. The third kappa shape index (κ3) is 3.77. The first kappa shape index (κ1) is 21.6. The van der Waals surface area contributed by atoms with E-state index in [1.54, 1.807) is 4.68 Å². The molecule has 6 heteroatoms. The first-order valence-corrected chi connectivity index (χ1v) is 11.4. The molecule has 2 amide bonds. The normalized spacial score (nSPS) is 14.7. The summed E-state index contributed by atoms with van der Waals surface area (Å²) in [6, 6.07) is 25.4. The van der Waals surface area contributed by atoms with Crippen LogP contribution in [0.2, 0.25) is 0 Å². The van der Waals surface area contributed by atoms with Crippen LogP contribution in [-0.4, -0.2) is 27.6 Å². The molecule has 4 aromatic rings. The van der Waals surface area contributed by atoms with E-state index in [4.69, 9.17) is 5.10 Å². The smallest absolute Gasteiger partial charge is 0.258 e. The van der Waals surface area contributed by atoms with Gasteiger partial charge in [0, 0.05) is 29.8 Å². The Balaban J connectivity index is 1.51. The summed E-state index contributed by atoms with van der Waals surface area (Å²) < 4.78 is 1.72. The molecule has 6 nitrogen and oxygen atoms in total. The van der Waals surface area contributed by atoms with E-state index in [9.17, 15) is 9.59 Å². The monoisotopic (exact) mass is 450 g/mol. The summed E-state index contributed by atoms with van der Waals surface area (Å²) >= 11 is 0. The fourth-order valence-corrected chi connectivity index (χ4v) is 4.71. The molecule has 170 valence electrons. The van der Waals surface area contributed by atoms with Crippen molar-refractivity contribution in [3.05, 3.63) is 95.7 Å². The molecule has 0 bridgehead atoms. The van der Waals surface area contributed by atoms with E-state index in [1.165, 1.54) is 12.5 Å². The number of amides is 2. The van der Waals surface area contributed by atoms with Gasteiger partial charge in [0.15, 0.2) is 0 Å². The fraction of sp³-hybridized carbons (Fsp3) is 0.179. The maximum absolute atomic E-state index is 13.4. The second-order valence-electron chi connectivity index (χ2n) is 8.67. The molecule has 1 aliphatic rings. The second-order valence-corrected chi connectivity index (χ2v) is 8.67. The topological polar surface area (TPSA) is 67.2 Å². The predicted molar refractivity (Wildman–Crippen MR) is 134 cm³/mol. The minimum atomic E-state index is -0.174. The first-order chi connectivity index (χ1) is 16.4. The molecule has 0 aliphatic carbocycles. The van der Waals surface area contributed by atoms with Crippen molar-refractivity contribution in [2.24, 2.45) is 0 Å². The Hall–Kier alpha value is -4.19. The van der Waals surface area contributed by atoms with Crippen LogP contribution in [0.3, 0.4) is 0 Å². The number of hydrogen-bond acceptors (Lipinski definition) is 3. The number of carbonyl (C=O) groups is 2. The minimum absolute atomic E-state index is 0.0206. The number of carbonyl (C=O) groups excluding carboxylic acids is 2. The van der Waals surface area contributed by atoms with Crippen LogP contribution in [0.25, 0.3) is 16.8 Å². The van der Waals surface area contributed by atoms with Crippen LogP contribution in [-0.2, 0) is 11.2 Å². The fourth-order valence-electron chi connectivity index (χ4n) is 4.71. The Bertz CT molecular complexity index is 1370. The van der Waals surface area contributed by atoms with Crippen molar-refractivity contribution in [1.29, 1.82) is 0 Å². The highest BCUT2D eigenvalue weighted by Gasteiger charge is 2.31. The molecule has 3 aromatic carbocycles. The molecule has 5 rings (SSSR count). The molecule has 0 unspecified atom stereocenters. The lowest BCUT2D eigenvalue weighted by molar-refractivity contribution is -0.114. The van der Waals surface area contributed by atoms with E-state index >= 15 is 0 Å². The Morgan fingerprint density at radius 3 is 2.32 bits per heavy atom. The quantitative estimate of drug-likeness (QED) is 0.453. The summed E-state index contributed by atoms with van der Waals surface area (Å²) in [6.07, 6.45) is 0.856. The number of benzene rings is 3. The SMILES string of the molecule is CC(=O)Nc1c(-c2ccccc2)c(C)nn1-c1ccc(C(=O)N2c3ccccc3C[C@H]2C)cc1. The molecule has 34 heavy (non-hydrogen) atoms. The highest BCUT2D eigenvalue weighted by atomic mass is 16.2. The zero-order valence-electron chi connectivity index (χ0n) is 19.4. The van der Waals surface area contributed by atoms with E-state index in [2.05, 4.69) is 18.3 Å². The Labute approximate surface area is 198 Å². The van der Waals surface area contributed by atoms with Gasteiger partial charge in [-0.2, -0.15) is 5.10 Å². The number of nitrogens with one attached hydrogen (secondary N) is 1. The maximum atomic E-state index is 13.4. The summed E-state index contributed by atoms with van der Waals surface area (Å²) in [6.45, 7) is 5.48. The Morgan fingerprint density at radius 1 is 0.941 bits per heavy atom. The van der Waals surface area contributed by atoms with Gasteiger partial charge in [0.2, 0.25) is 5.91 Å². The standard InChI is InChI=1S/C28H26N4O2/c1-18-17-23-11-7-8-12-25(23)31(18)28(34)22-13-15-24(16-14-22)32-27(29-20(3)33)26(19(2)30-32)21-9-5-4-6-10-21/h4-16,18H,17H2,1-3H3,(H,29,33)/t18-/m1/s1. The molecule has 0 saturated carbocycles. The van der Waals surface area contributed by atoms with Gasteiger partial charge in [0.05, 0.1) is 11.4 Å². The highest BCUT2D eigenvalue weighted by Crippen LogP contribution is 2.35. The van der Waals surface area contributed by atoms with Gasteiger partial charge in [-0.15, -0.1) is 0 Å². The van der Waals surface area contributed by atoms with Crippen LogP contribution in [0, 0.1) is 6.92 Å². The number of aromatic nitrogens is 2. The lowest BCUT2D eigenvalue weighted by Gasteiger charge is -2.23. The minimum Gasteiger partial charge on any atom is -0.310 e. The third-order valence-electron chi connectivity index (χ3n) is 6.20. The molecule has 1 aromatic heterocycles. The molecule has 0 radical (unpaired) electrons. The molecule has 1 aliphatic heterocycles. The van der Waals surface area contributed by atoms with E-state index < -0.39 is 0 Å². The highest BCUT2D eigenvalue weighted by molar-refractivity contribution is 6.07. The molecule has 2 heterocycles. The Kier molecular flexibility index (Phi) is 5.49. The van der Waals surface area contributed by atoms with Gasteiger partial charge in [0.1, 0.15) is 5.82 Å². The van der Waals surface area contributed by atoms with Gasteiger partial charge in [0.25, 0.3) is 5.91 Å². The summed E-state index contributed by atoms with van der Waals surface area (Å²) in [4.78, 5) is 27.3. The van der Waals surface area contributed by atoms with Crippen molar-refractivity contribution < 1.29 is 9.59 Å². The van der Waals surface area contributed by atoms with Crippen LogP contribution in [0.1, 0.15) is 35.5 Å². The number of hydrogen-bond donors (Lipinski definition) is 1. The van der Waals surface area contributed by atoms with E-state index in [1.807, 2.05) is 84.6 Å². The van der Waals surface area contributed by atoms with Crippen molar-refractivity contribution in [3.8, 4) is 16.8 Å². The summed E-state index contributed by atoms with van der Waals surface area (Å²) in [7, 11) is 0. The number of nitrogens with zero attached hydrogens (tertiary/aromatic N) is 3. The molecule has 1 N–H and O–H groups in total. The van der Waals surface area contributed by atoms with Crippen molar-refractivity contribution in [2.75, 3.05) is 10.2 Å². The van der Waals surface area contributed by atoms with Crippen LogP contribution in [0.5, 0.6) is 0 Å². The largest absolute Gasteiger partial charge is 0.310 e. The Morgan fingerprint density at radius 2 is 1.62 bits per heavy atom. The van der Waals surface area contributed by atoms with Crippen molar-refractivity contribution >= 4 is 23.3 Å². The van der Waals surface area contributed by atoms with Gasteiger partial charge in [-0.1, -0.05) is 48.5 Å². The maximum Gasteiger partial charge on any atom is 0.258 e. The predicted octanol–water partition coefficient (Wildman–Crippen LogP) is 5.40. The zero-order valence-corrected chi connectivity index (χ0v) is 19.4. The second kappa shape index (κ2) is 8.63. The molecular formula is C28H26N4O2. The lowest BCUT2D eigenvalue weighted by atomic mass is 10.1. The van der Waals surface area contributed by atoms with Crippen LogP contribution in [0.4, 0.5) is 11.5 Å². The van der Waals surface area contributed by atoms with Gasteiger partial charge in [-0.05, 0) is 61.7 Å². The van der Waals surface area contributed by atoms with E-state index in [0.29, 0.717) is 11.4 Å². The van der Waals surface area contributed by atoms with E-state index in [0.717, 1.165) is 34.6 Å². The molecular weight excluding hydrogens is 424 g/mol. The van der Waals surface area contributed by atoms with Crippen molar-refractivity contribution in [3.63, 3.8) is 0 Å². The van der Waals surface area contributed by atoms with Crippen LogP contribution in [0.15, 0.2) is 78.9 Å². The van der Waals surface area contributed by atoms with Crippen molar-refractivity contribution in [2.45, 2.75) is 33.2 Å². The van der Waals surface area contributed by atoms with Gasteiger partial charge < -0.3 is 10.2 Å². The summed E-state index contributed by atoms with van der Waals surface area (Å²) in [5, 5.41) is 7.66. The summed E-state index contributed by atoms with van der Waals surface area (Å²) in [5.41, 5.74) is 6.20. The number of anilines is 2. The molecule has 1 atom stereocenters. The number of para-hydroxylation sites is 1. The third-order valence-corrected chi connectivity index (χ3v) is 6.20. The average molecular weight is 451 g/mol. The number of fused-ring (bicyclic) bond motifs is 1. The first-order valence-electron chi connectivity index (χ1n) is 11.4. The number of rotatable bonds is 4.